The van der Waals surface area contributed by atoms with E-state index in [0.717, 1.165) is 27.4 Å². The van der Waals surface area contributed by atoms with Gasteiger partial charge in [0.05, 0.1) is 21.6 Å². The Labute approximate surface area is 202 Å². The molecule has 3 rings (SSSR count). The third-order valence-electron chi connectivity index (χ3n) is 3.53. The molecule has 0 spiro atoms. The second-order valence-corrected chi connectivity index (χ2v) is 9.23. The smallest absolute Gasteiger partial charge is 0.748 e. The maximum absolute atomic E-state index is 12.7. The third-order valence-corrected chi connectivity index (χ3v) is 6.96. The van der Waals surface area contributed by atoms with E-state index in [9.17, 15) is 17.8 Å². The van der Waals surface area contributed by atoms with Gasteiger partial charge in [-0.15, -0.1) is 0 Å². The average Bonchev–Trinajstić information content (AvgIpc) is 3.02. The molecule has 0 radical (unpaired) electrons. The molecule has 1 aromatic rings. The molecule has 0 N–H and O–H groups in total. The third kappa shape index (κ3) is 4.70. The molecule has 0 bridgehead atoms. The summed E-state index contributed by atoms with van der Waals surface area (Å²) in [4.78, 5) is 17.4. The molecule has 25 heavy (non-hydrogen) atoms. The van der Waals surface area contributed by atoms with Crippen molar-refractivity contribution in [2.45, 2.75) is 11.8 Å². The van der Waals surface area contributed by atoms with E-state index in [1.807, 2.05) is 36.1 Å². The molecule has 128 valence electrons. The summed E-state index contributed by atoms with van der Waals surface area (Å²) in [5.74, 6) is -0.991. The van der Waals surface area contributed by atoms with Gasteiger partial charge in [0.15, 0.2) is 0 Å². The summed E-state index contributed by atoms with van der Waals surface area (Å²) in [5.41, 5.74) is 1.03. The number of rotatable bonds is 4. The minimum atomic E-state index is -4.40. The van der Waals surface area contributed by atoms with Crippen LogP contribution >= 0.6 is 35.7 Å². The Bertz CT molecular complexity index is 856. The first-order valence-electron chi connectivity index (χ1n) is 7.07. The van der Waals surface area contributed by atoms with Crippen molar-refractivity contribution in [2.75, 3.05) is 23.7 Å². The number of fused-ring (bicyclic) bond motifs is 1. The van der Waals surface area contributed by atoms with E-state index in [-0.39, 0.29) is 68.2 Å². The van der Waals surface area contributed by atoms with Gasteiger partial charge < -0.3 is 9.45 Å². The molecule has 2 aliphatic heterocycles. The molecular weight excluding hydrogens is 428 g/mol. The van der Waals surface area contributed by atoms with Gasteiger partial charge in [-0.2, -0.15) is 0 Å². The van der Waals surface area contributed by atoms with Gasteiger partial charge in [0.25, 0.3) is 5.91 Å². The molecule has 1 amide bonds. The molecule has 0 aliphatic carbocycles. The van der Waals surface area contributed by atoms with Crippen LogP contribution in [0.25, 0.3) is 0 Å². The summed E-state index contributed by atoms with van der Waals surface area (Å²) >= 11 is 7.83. The number of anilines is 1. The number of thioether (sulfide) groups is 2. The zero-order chi connectivity index (χ0) is 17.5. The topological polar surface area (TPSA) is 80.8 Å². The minimum Gasteiger partial charge on any atom is -0.748 e. The zero-order valence-corrected chi connectivity index (χ0v) is 20.0. The molecule has 6 nitrogen and oxygen atoms in total. The van der Waals surface area contributed by atoms with Crippen LogP contribution in [0.5, 0.6) is 0 Å². The molecule has 1 saturated heterocycles. The van der Waals surface area contributed by atoms with Gasteiger partial charge in [0.1, 0.15) is 14.3 Å². The number of carbonyl (C=O) groups excluding carboxylic acids is 1. The molecule has 1 fully saturated rings. The number of hydrogen-bond acceptors (Lipinski definition) is 8. The van der Waals surface area contributed by atoms with Gasteiger partial charge in [-0.05, 0) is 19.1 Å². The van der Waals surface area contributed by atoms with E-state index in [1.165, 1.54) is 16.7 Å². The largest absolute Gasteiger partial charge is 1.00 e. The van der Waals surface area contributed by atoms with Gasteiger partial charge in [0.2, 0.25) is 0 Å². The molecule has 0 aromatic heterocycles. The zero-order valence-electron chi connectivity index (χ0n) is 13.6. The molecule has 2 heterocycles. The Morgan fingerprint density at radius 1 is 1.20 bits per heavy atom. The standard InChI is InChI=1S/C14H14N2O4S4.K/c1-2-15-9-5-3-4-6-10(9)22-13(15)11-12(17)16(14(21)23-11)7-8-24(18,19)20;/h3-6H,2,7-8H2,1H3,(H,18,19,20);/q;+1/p-1/b13-11+;. The van der Waals surface area contributed by atoms with Crippen LogP contribution in [0.1, 0.15) is 6.92 Å². The Morgan fingerprint density at radius 3 is 2.52 bits per heavy atom. The van der Waals surface area contributed by atoms with Crippen molar-refractivity contribution in [3.8, 4) is 0 Å². The monoisotopic (exact) mass is 440 g/mol. The van der Waals surface area contributed by atoms with E-state index in [2.05, 4.69) is 0 Å². The van der Waals surface area contributed by atoms with Crippen LogP contribution in [0.4, 0.5) is 5.69 Å². The number of thiocarbonyl (C=S) groups is 1. The maximum atomic E-state index is 12.7. The van der Waals surface area contributed by atoms with Crippen molar-refractivity contribution < 1.29 is 69.1 Å². The van der Waals surface area contributed by atoms with Crippen LogP contribution in [-0.4, -0.2) is 46.9 Å². The van der Waals surface area contributed by atoms with E-state index in [1.54, 1.807) is 0 Å². The first kappa shape index (κ1) is 21.9. The van der Waals surface area contributed by atoms with Crippen molar-refractivity contribution in [1.29, 1.82) is 0 Å². The van der Waals surface area contributed by atoms with Gasteiger partial charge >= 0.3 is 51.4 Å². The van der Waals surface area contributed by atoms with E-state index in [0.29, 0.717) is 11.4 Å². The number of nitrogens with zero attached hydrogens (tertiary/aromatic N) is 2. The van der Waals surface area contributed by atoms with Gasteiger partial charge in [-0.1, -0.05) is 47.9 Å². The van der Waals surface area contributed by atoms with E-state index < -0.39 is 15.9 Å². The summed E-state index contributed by atoms with van der Waals surface area (Å²) in [5, 5.41) is 0.795. The first-order chi connectivity index (χ1) is 11.3. The molecule has 11 heteroatoms. The number of benzene rings is 1. The van der Waals surface area contributed by atoms with E-state index in [4.69, 9.17) is 12.2 Å². The van der Waals surface area contributed by atoms with Crippen molar-refractivity contribution in [3.05, 3.63) is 34.2 Å². The fraction of sp³-hybridized carbons (Fsp3) is 0.286. The minimum absolute atomic E-state index is 0. The summed E-state index contributed by atoms with van der Waals surface area (Å²) in [6, 6.07) is 7.85. The molecular formula is C14H13KN2O4S4. The summed E-state index contributed by atoms with van der Waals surface area (Å²) in [7, 11) is -4.40. The summed E-state index contributed by atoms with van der Waals surface area (Å²) < 4.78 is 32.7. The number of amides is 1. The first-order valence-corrected chi connectivity index (χ1v) is 10.7. The number of carbonyl (C=O) groups is 1. The van der Waals surface area contributed by atoms with Crippen LogP contribution in [0.15, 0.2) is 39.1 Å². The van der Waals surface area contributed by atoms with Crippen LogP contribution in [-0.2, 0) is 14.9 Å². The fourth-order valence-corrected chi connectivity index (χ4v) is 5.53. The van der Waals surface area contributed by atoms with Crippen LogP contribution in [0.2, 0.25) is 0 Å². The van der Waals surface area contributed by atoms with E-state index >= 15 is 0 Å². The SMILES string of the molecule is CCN1/C(=C2\SC(=S)N(CCS(=O)(=O)[O-])C2=O)Sc2ccccc21.[K+]. The maximum Gasteiger partial charge on any atom is 1.00 e. The fourth-order valence-electron chi connectivity index (χ4n) is 2.44. The molecule has 1 aromatic carbocycles. The number of hydrogen-bond donors (Lipinski definition) is 0. The van der Waals surface area contributed by atoms with Crippen LogP contribution in [0.3, 0.4) is 0 Å². The summed E-state index contributed by atoms with van der Waals surface area (Å²) in [6.07, 6.45) is 0. The predicted octanol–water partition coefficient (Wildman–Crippen LogP) is -0.803. The molecule has 0 unspecified atom stereocenters. The van der Waals surface area contributed by atoms with Crippen molar-refractivity contribution in [2.24, 2.45) is 0 Å². The predicted molar refractivity (Wildman–Crippen MR) is 98.8 cm³/mol. The average molecular weight is 441 g/mol. The van der Waals surface area contributed by atoms with Gasteiger partial charge in [-0.25, -0.2) is 8.42 Å². The second kappa shape index (κ2) is 8.72. The van der Waals surface area contributed by atoms with Crippen LogP contribution < -0.4 is 56.3 Å². The van der Waals surface area contributed by atoms with Crippen LogP contribution in [0, 0.1) is 0 Å². The second-order valence-electron chi connectivity index (χ2n) is 5.03. The van der Waals surface area contributed by atoms with Crippen molar-refractivity contribution in [1.82, 2.24) is 4.90 Å². The van der Waals surface area contributed by atoms with Gasteiger partial charge in [0, 0.05) is 18.0 Å². The number of para-hydroxylation sites is 1. The molecule has 0 saturated carbocycles. The van der Waals surface area contributed by atoms with Crippen molar-refractivity contribution in [3.63, 3.8) is 0 Å². The normalized spacial score (nSPS) is 20.1. The Kier molecular flexibility index (Phi) is 7.62. The quantitative estimate of drug-likeness (QED) is 0.261. The Hall–Kier alpha value is 0.566. The Balaban J connectivity index is 0.00000225. The summed E-state index contributed by atoms with van der Waals surface area (Å²) in [6.45, 7) is 2.48. The molecule has 0 atom stereocenters. The van der Waals surface area contributed by atoms with Gasteiger partial charge in [-0.3, -0.25) is 9.69 Å². The van der Waals surface area contributed by atoms with Crippen molar-refractivity contribution >= 4 is 61.8 Å². The Morgan fingerprint density at radius 2 is 1.88 bits per heavy atom. The molecule has 2 aliphatic rings.